The van der Waals surface area contributed by atoms with E-state index in [1.165, 1.54) is 38.5 Å². The van der Waals surface area contributed by atoms with E-state index >= 15 is 0 Å². The molecule has 1 aromatic carbocycles. The summed E-state index contributed by atoms with van der Waals surface area (Å²) in [5.74, 6) is -0.314. The summed E-state index contributed by atoms with van der Waals surface area (Å²) in [7, 11) is 0. The molecule has 3 rings (SSSR count). The molecule has 0 N–H and O–H groups in total. The summed E-state index contributed by atoms with van der Waals surface area (Å²) in [6.07, 6.45) is 16.8. The SMILES string of the molecule is CCCCCCCCCN1C=CC(=C2C(=O)c3ccccc3C2=O)C=C1. The summed E-state index contributed by atoms with van der Waals surface area (Å²) in [4.78, 5) is 27.2. The van der Waals surface area contributed by atoms with Crippen LogP contribution in [0.5, 0.6) is 0 Å². The van der Waals surface area contributed by atoms with Crippen LogP contribution < -0.4 is 0 Å². The minimum atomic E-state index is -0.157. The molecule has 136 valence electrons. The normalized spacial score (nSPS) is 16.0. The van der Waals surface area contributed by atoms with Crippen LogP contribution in [0.15, 0.2) is 60.0 Å². The first-order chi connectivity index (χ1) is 12.7. The maximum absolute atomic E-state index is 12.5. The van der Waals surface area contributed by atoms with Crippen molar-refractivity contribution in [2.24, 2.45) is 0 Å². The first-order valence-electron chi connectivity index (χ1n) is 9.77. The predicted molar refractivity (Wildman–Crippen MR) is 105 cm³/mol. The molecule has 0 radical (unpaired) electrons. The lowest BCUT2D eigenvalue weighted by atomic mass is 10.0. The van der Waals surface area contributed by atoms with Gasteiger partial charge in [0, 0.05) is 30.1 Å². The first-order valence-corrected chi connectivity index (χ1v) is 9.77. The third kappa shape index (κ3) is 4.04. The van der Waals surface area contributed by atoms with E-state index in [-0.39, 0.29) is 11.6 Å². The summed E-state index contributed by atoms with van der Waals surface area (Å²) in [5.41, 5.74) is 2.06. The van der Waals surface area contributed by atoms with E-state index < -0.39 is 0 Å². The molecule has 0 unspecified atom stereocenters. The molecule has 2 aliphatic rings. The molecule has 1 aliphatic carbocycles. The van der Waals surface area contributed by atoms with E-state index in [1.54, 1.807) is 24.3 Å². The van der Waals surface area contributed by atoms with Crippen molar-refractivity contribution < 1.29 is 9.59 Å². The molecular weight excluding hydrogens is 322 g/mol. The Labute approximate surface area is 156 Å². The van der Waals surface area contributed by atoms with Crippen molar-refractivity contribution >= 4 is 11.6 Å². The number of Topliss-reactive ketones (excluding diaryl/α,β-unsaturated/α-hetero) is 2. The van der Waals surface area contributed by atoms with Gasteiger partial charge in [-0.25, -0.2) is 0 Å². The summed E-state index contributed by atoms with van der Waals surface area (Å²) in [6.45, 7) is 3.22. The van der Waals surface area contributed by atoms with E-state index in [0.29, 0.717) is 22.3 Å². The van der Waals surface area contributed by atoms with Gasteiger partial charge in [0.15, 0.2) is 11.6 Å². The molecule has 0 amide bonds. The molecule has 3 nitrogen and oxygen atoms in total. The van der Waals surface area contributed by atoms with E-state index in [0.717, 1.165) is 13.0 Å². The van der Waals surface area contributed by atoms with Crippen LogP contribution in [0.25, 0.3) is 0 Å². The van der Waals surface area contributed by atoms with Gasteiger partial charge in [-0.1, -0.05) is 69.7 Å². The zero-order valence-corrected chi connectivity index (χ0v) is 15.5. The monoisotopic (exact) mass is 349 g/mol. The topological polar surface area (TPSA) is 37.4 Å². The summed E-state index contributed by atoms with van der Waals surface area (Å²) >= 11 is 0. The number of benzene rings is 1. The molecule has 0 saturated heterocycles. The number of allylic oxidation sites excluding steroid dienone is 4. The number of hydrogen-bond acceptors (Lipinski definition) is 3. The lowest BCUT2D eigenvalue weighted by Gasteiger charge is -2.19. The Hall–Kier alpha value is -2.42. The van der Waals surface area contributed by atoms with Gasteiger partial charge in [-0.3, -0.25) is 9.59 Å². The maximum Gasteiger partial charge on any atom is 0.198 e. The number of fused-ring (bicyclic) bond motifs is 1. The van der Waals surface area contributed by atoms with Crippen LogP contribution in [0.2, 0.25) is 0 Å². The predicted octanol–water partition coefficient (Wildman–Crippen LogP) is 5.46. The molecule has 0 atom stereocenters. The van der Waals surface area contributed by atoms with Gasteiger partial charge in [0.05, 0.1) is 5.57 Å². The Morgan fingerprint density at radius 2 is 1.31 bits per heavy atom. The van der Waals surface area contributed by atoms with Crippen LogP contribution in [0, 0.1) is 0 Å². The van der Waals surface area contributed by atoms with Crippen LogP contribution in [0.4, 0.5) is 0 Å². The van der Waals surface area contributed by atoms with Gasteiger partial charge < -0.3 is 4.90 Å². The maximum atomic E-state index is 12.5. The largest absolute Gasteiger partial charge is 0.354 e. The zero-order valence-electron chi connectivity index (χ0n) is 15.5. The molecule has 0 bridgehead atoms. The fourth-order valence-electron chi connectivity index (χ4n) is 3.54. The Balaban J connectivity index is 1.54. The van der Waals surface area contributed by atoms with E-state index in [2.05, 4.69) is 11.8 Å². The lowest BCUT2D eigenvalue weighted by molar-refractivity contribution is 0.0988. The van der Waals surface area contributed by atoms with Crippen molar-refractivity contribution in [3.63, 3.8) is 0 Å². The van der Waals surface area contributed by atoms with Crippen molar-refractivity contribution in [2.75, 3.05) is 6.54 Å². The smallest absolute Gasteiger partial charge is 0.198 e. The second-order valence-electron chi connectivity index (χ2n) is 7.02. The second kappa shape index (κ2) is 8.79. The highest BCUT2D eigenvalue weighted by Crippen LogP contribution is 2.30. The highest BCUT2D eigenvalue weighted by atomic mass is 16.2. The molecule has 0 aromatic heterocycles. The minimum absolute atomic E-state index is 0.157. The molecule has 1 heterocycles. The number of rotatable bonds is 8. The summed E-state index contributed by atoms with van der Waals surface area (Å²) < 4.78 is 0. The Morgan fingerprint density at radius 3 is 1.88 bits per heavy atom. The third-order valence-electron chi connectivity index (χ3n) is 5.07. The van der Waals surface area contributed by atoms with Gasteiger partial charge in [-0.15, -0.1) is 0 Å². The Bertz CT molecular complexity index is 717. The average Bonchev–Trinajstić information content (AvgIpc) is 2.93. The van der Waals surface area contributed by atoms with Crippen molar-refractivity contribution in [3.8, 4) is 0 Å². The minimum Gasteiger partial charge on any atom is -0.354 e. The van der Waals surface area contributed by atoms with E-state index in [4.69, 9.17) is 0 Å². The van der Waals surface area contributed by atoms with Gasteiger partial charge in [0.1, 0.15) is 0 Å². The molecule has 0 fully saturated rings. The van der Waals surface area contributed by atoms with Crippen molar-refractivity contribution in [2.45, 2.75) is 51.9 Å². The van der Waals surface area contributed by atoms with Crippen LogP contribution in [-0.4, -0.2) is 23.0 Å². The van der Waals surface area contributed by atoms with Crippen LogP contribution in [0.3, 0.4) is 0 Å². The summed E-state index contributed by atoms with van der Waals surface area (Å²) in [6, 6.07) is 7.06. The molecular formula is C23H27NO2. The van der Waals surface area contributed by atoms with Gasteiger partial charge >= 0.3 is 0 Å². The highest BCUT2D eigenvalue weighted by Gasteiger charge is 2.34. The van der Waals surface area contributed by atoms with Crippen molar-refractivity contribution in [3.05, 3.63) is 71.1 Å². The molecule has 1 aliphatic heterocycles. The fourth-order valence-corrected chi connectivity index (χ4v) is 3.54. The van der Waals surface area contributed by atoms with Crippen LogP contribution in [0.1, 0.15) is 72.6 Å². The van der Waals surface area contributed by atoms with E-state index in [9.17, 15) is 9.59 Å². The fraction of sp³-hybridized carbons (Fsp3) is 0.391. The average molecular weight is 349 g/mol. The van der Waals surface area contributed by atoms with Gasteiger partial charge in [-0.05, 0) is 24.1 Å². The molecule has 3 heteroatoms. The lowest BCUT2D eigenvalue weighted by Crippen LogP contribution is -2.14. The number of carbonyl (C=O) groups is 2. The third-order valence-corrected chi connectivity index (χ3v) is 5.07. The number of nitrogens with zero attached hydrogens (tertiary/aromatic N) is 1. The van der Waals surface area contributed by atoms with Crippen LogP contribution >= 0.6 is 0 Å². The Morgan fingerprint density at radius 1 is 0.769 bits per heavy atom. The molecule has 1 aromatic rings. The highest BCUT2D eigenvalue weighted by molar-refractivity contribution is 6.40. The number of carbonyl (C=O) groups excluding carboxylic acids is 2. The molecule has 26 heavy (non-hydrogen) atoms. The number of hydrogen-bond donors (Lipinski definition) is 0. The quantitative estimate of drug-likeness (QED) is 0.355. The molecule has 0 spiro atoms. The Kier molecular flexibility index (Phi) is 6.21. The van der Waals surface area contributed by atoms with Crippen molar-refractivity contribution in [1.82, 2.24) is 4.90 Å². The standard InChI is InChI=1S/C23H27NO2/c1-2-3-4-5-6-7-10-15-24-16-13-18(14-17-24)21-22(25)19-11-8-9-12-20(19)23(21)26/h8-9,11-14,16-17H,2-7,10,15H2,1H3. The van der Waals surface area contributed by atoms with Gasteiger partial charge in [-0.2, -0.15) is 0 Å². The second-order valence-corrected chi connectivity index (χ2v) is 7.02. The van der Waals surface area contributed by atoms with Gasteiger partial charge in [0.25, 0.3) is 0 Å². The summed E-state index contributed by atoms with van der Waals surface area (Å²) in [5, 5.41) is 0. The van der Waals surface area contributed by atoms with Crippen LogP contribution in [-0.2, 0) is 0 Å². The number of unbranched alkanes of at least 4 members (excludes halogenated alkanes) is 6. The van der Waals surface area contributed by atoms with Crippen molar-refractivity contribution in [1.29, 1.82) is 0 Å². The number of ketones is 2. The first kappa shape index (κ1) is 18.4. The molecule has 0 saturated carbocycles. The van der Waals surface area contributed by atoms with E-state index in [1.807, 2.05) is 24.6 Å². The zero-order chi connectivity index (χ0) is 18.4. The van der Waals surface area contributed by atoms with Gasteiger partial charge in [0.2, 0.25) is 0 Å².